The normalized spacial score (nSPS) is 12.1. The molecular formula is C25H29N3O3S2. The molecule has 0 unspecified atom stereocenters. The van der Waals surface area contributed by atoms with Crippen LogP contribution in [0.4, 0.5) is 5.69 Å². The molecular weight excluding hydrogens is 454 g/mol. The van der Waals surface area contributed by atoms with Gasteiger partial charge in [0.2, 0.25) is 0 Å². The van der Waals surface area contributed by atoms with Gasteiger partial charge < -0.3 is 9.64 Å². The minimum Gasteiger partial charge on any atom is -0.380 e. The number of thiophene rings is 1. The molecule has 0 spiro atoms. The number of sulfonamides is 1. The molecule has 0 aliphatic heterocycles. The Morgan fingerprint density at radius 3 is 2.52 bits per heavy atom. The van der Waals surface area contributed by atoms with Crippen LogP contribution in [0.1, 0.15) is 25.6 Å². The van der Waals surface area contributed by atoms with Gasteiger partial charge in [-0.1, -0.05) is 18.2 Å². The fourth-order valence-electron chi connectivity index (χ4n) is 3.53. The van der Waals surface area contributed by atoms with E-state index in [0.29, 0.717) is 11.5 Å². The monoisotopic (exact) mass is 483 g/mol. The van der Waals surface area contributed by atoms with Gasteiger partial charge in [0.25, 0.3) is 10.0 Å². The van der Waals surface area contributed by atoms with Crippen molar-refractivity contribution in [2.75, 3.05) is 37.7 Å². The molecule has 0 bridgehead atoms. The van der Waals surface area contributed by atoms with Crippen LogP contribution in [0.3, 0.4) is 0 Å². The van der Waals surface area contributed by atoms with Crippen LogP contribution in [0, 0.1) is 11.3 Å². The number of ether oxygens (including phenoxy) is 1. The van der Waals surface area contributed by atoms with E-state index in [4.69, 9.17) is 4.74 Å². The molecule has 0 amide bonds. The third kappa shape index (κ3) is 6.21. The van der Waals surface area contributed by atoms with Gasteiger partial charge in [-0.2, -0.15) is 5.26 Å². The predicted octanol–water partition coefficient (Wildman–Crippen LogP) is 5.23. The Balaban J connectivity index is 1.82. The number of allylic oxidation sites excluding steroid dienone is 1. The first-order valence-electron chi connectivity index (χ1n) is 11.0. The van der Waals surface area contributed by atoms with E-state index in [9.17, 15) is 13.7 Å². The third-order valence-electron chi connectivity index (χ3n) is 5.28. The molecule has 6 nitrogen and oxygen atoms in total. The SMILES string of the molecule is CCOCCNS(=O)(=O)/C(C#N)=C/c1ccc(-c2ccc3cc(N(CC)CC)ccc3c2)s1. The third-order valence-corrected chi connectivity index (χ3v) is 7.73. The summed E-state index contributed by atoms with van der Waals surface area (Å²) in [6.45, 7) is 8.96. The highest BCUT2D eigenvalue weighted by Crippen LogP contribution is 2.33. The average Bonchev–Trinajstić information content (AvgIpc) is 3.29. The fraction of sp³-hybridized carbons (Fsp3) is 0.320. The molecule has 3 aromatic rings. The van der Waals surface area contributed by atoms with E-state index in [-0.39, 0.29) is 18.1 Å². The van der Waals surface area contributed by atoms with Crippen molar-refractivity contribution in [1.29, 1.82) is 5.26 Å². The minimum atomic E-state index is -3.88. The van der Waals surface area contributed by atoms with Crippen LogP contribution in [0.2, 0.25) is 0 Å². The van der Waals surface area contributed by atoms with Crippen LogP contribution in [-0.2, 0) is 14.8 Å². The lowest BCUT2D eigenvalue weighted by Crippen LogP contribution is -2.28. The van der Waals surface area contributed by atoms with Crippen LogP contribution in [-0.4, -0.2) is 41.3 Å². The standard InChI is InChI=1S/C25H29N3O3S2/c1-4-28(5-2)22-10-9-19-15-21(8-7-20(19)16-22)25-12-11-23(32-25)17-24(18-26)33(29,30)27-13-14-31-6-3/h7-12,15-17,27H,4-6,13-14H2,1-3H3/b24-17+. The van der Waals surface area contributed by atoms with Crippen LogP contribution in [0.25, 0.3) is 27.3 Å². The number of nitriles is 1. The van der Waals surface area contributed by atoms with Gasteiger partial charge in [-0.25, -0.2) is 13.1 Å². The molecule has 0 saturated heterocycles. The highest BCUT2D eigenvalue weighted by atomic mass is 32.2. The number of nitrogens with one attached hydrogen (secondary N) is 1. The lowest BCUT2D eigenvalue weighted by Gasteiger charge is -2.21. The second-order valence-corrected chi connectivity index (χ2v) is 10.2. The maximum absolute atomic E-state index is 12.4. The van der Waals surface area contributed by atoms with Gasteiger partial charge >= 0.3 is 0 Å². The van der Waals surface area contributed by atoms with Crippen LogP contribution < -0.4 is 9.62 Å². The van der Waals surface area contributed by atoms with Crippen LogP contribution in [0.15, 0.2) is 53.4 Å². The van der Waals surface area contributed by atoms with Gasteiger partial charge in [-0.15, -0.1) is 11.3 Å². The molecule has 0 radical (unpaired) electrons. The van der Waals surface area contributed by atoms with E-state index < -0.39 is 10.0 Å². The van der Waals surface area contributed by atoms with Crippen molar-refractivity contribution in [1.82, 2.24) is 4.72 Å². The number of benzene rings is 2. The first kappa shape index (κ1) is 24.9. The molecule has 174 valence electrons. The maximum Gasteiger partial charge on any atom is 0.250 e. The van der Waals surface area contributed by atoms with Crippen molar-refractivity contribution in [3.05, 3.63) is 58.3 Å². The Bertz CT molecular complexity index is 1270. The van der Waals surface area contributed by atoms with Gasteiger partial charge in [-0.3, -0.25) is 0 Å². The number of hydrogen-bond donors (Lipinski definition) is 1. The highest BCUT2D eigenvalue weighted by molar-refractivity contribution is 7.93. The van der Waals surface area contributed by atoms with Crippen molar-refractivity contribution in [2.45, 2.75) is 20.8 Å². The molecule has 0 saturated carbocycles. The second-order valence-electron chi connectivity index (χ2n) is 7.34. The van der Waals surface area contributed by atoms with Gasteiger partial charge in [0, 0.05) is 41.7 Å². The highest BCUT2D eigenvalue weighted by Gasteiger charge is 2.17. The first-order chi connectivity index (χ1) is 15.9. The molecule has 2 aromatic carbocycles. The zero-order valence-electron chi connectivity index (χ0n) is 19.2. The van der Waals surface area contributed by atoms with E-state index in [1.807, 2.05) is 19.1 Å². The van der Waals surface area contributed by atoms with Crippen molar-refractivity contribution in [3.8, 4) is 16.5 Å². The lowest BCUT2D eigenvalue weighted by atomic mass is 10.0. The number of nitrogens with zero attached hydrogens (tertiary/aromatic N) is 2. The first-order valence-corrected chi connectivity index (χ1v) is 13.3. The molecule has 1 aromatic heterocycles. The molecule has 1 N–H and O–H groups in total. The number of anilines is 1. The summed E-state index contributed by atoms with van der Waals surface area (Å²) >= 11 is 1.45. The van der Waals surface area contributed by atoms with Crippen molar-refractivity contribution in [3.63, 3.8) is 0 Å². The van der Waals surface area contributed by atoms with E-state index >= 15 is 0 Å². The molecule has 0 aliphatic carbocycles. The molecule has 0 fully saturated rings. The lowest BCUT2D eigenvalue weighted by molar-refractivity contribution is 0.153. The Labute approximate surface area is 200 Å². The maximum atomic E-state index is 12.4. The fourth-order valence-corrected chi connectivity index (χ4v) is 5.46. The Kier molecular flexibility index (Phi) is 8.64. The molecule has 3 rings (SSSR count). The van der Waals surface area contributed by atoms with Gasteiger partial charge in [0.15, 0.2) is 4.91 Å². The van der Waals surface area contributed by atoms with E-state index in [1.54, 1.807) is 6.07 Å². The average molecular weight is 484 g/mol. The summed E-state index contributed by atoms with van der Waals surface area (Å²) < 4.78 is 32.4. The zero-order valence-corrected chi connectivity index (χ0v) is 20.8. The summed E-state index contributed by atoms with van der Waals surface area (Å²) in [5.74, 6) is 0. The number of fused-ring (bicyclic) bond motifs is 1. The second kappa shape index (κ2) is 11.4. The van der Waals surface area contributed by atoms with Crippen LogP contribution in [0.5, 0.6) is 0 Å². The van der Waals surface area contributed by atoms with Gasteiger partial charge in [-0.05, 0) is 73.5 Å². The Morgan fingerprint density at radius 1 is 1.09 bits per heavy atom. The number of rotatable bonds is 11. The summed E-state index contributed by atoms with van der Waals surface area (Å²) in [4.78, 5) is 3.72. The van der Waals surface area contributed by atoms with E-state index in [0.717, 1.165) is 28.9 Å². The molecule has 0 atom stereocenters. The van der Waals surface area contributed by atoms with E-state index in [2.05, 4.69) is 59.9 Å². The zero-order chi connectivity index (χ0) is 23.8. The quantitative estimate of drug-likeness (QED) is 0.298. The molecule has 0 aliphatic rings. The van der Waals surface area contributed by atoms with Gasteiger partial charge in [0.05, 0.1) is 6.61 Å². The summed E-state index contributed by atoms with van der Waals surface area (Å²) in [5, 5.41) is 11.7. The molecule has 1 heterocycles. The van der Waals surface area contributed by atoms with E-state index in [1.165, 1.54) is 28.5 Å². The molecule has 8 heteroatoms. The summed E-state index contributed by atoms with van der Waals surface area (Å²) in [7, 11) is -3.88. The minimum absolute atomic E-state index is 0.123. The van der Waals surface area contributed by atoms with Crippen molar-refractivity contribution in [2.24, 2.45) is 0 Å². The number of hydrogen-bond acceptors (Lipinski definition) is 6. The largest absolute Gasteiger partial charge is 0.380 e. The summed E-state index contributed by atoms with van der Waals surface area (Å²) in [6.07, 6.45) is 1.41. The Hall–Kier alpha value is -2.70. The van der Waals surface area contributed by atoms with Crippen molar-refractivity contribution >= 4 is 43.9 Å². The van der Waals surface area contributed by atoms with Crippen molar-refractivity contribution < 1.29 is 13.2 Å². The Morgan fingerprint density at radius 2 is 1.82 bits per heavy atom. The van der Waals surface area contributed by atoms with Crippen LogP contribution >= 0.6 is 11.3 Å². The summed E-state index contributed by atoms with van der Waals surface area (Å²) in [6, 6.07) is 18.4. The smallest absolute Gasteiger partial charge is 0.250 e. The van der Waals surface area contributed by atoms with Gasteiger partial charge in [0.1, 0.15) is 6.07 Å². The summed E-state index contributed by atoms with van der Waals surface area (Å²) in [5.41, 5.74) is 2.27. The molecule has 33 heavy (non-hydrogen) atoms. The predicted molar refractivity (Wildman–Crippen MR) is 138 cm³/mol. The topological polar surface area (TPSA) is 82.4 Å².